The summed E-state index contributed by atoms with van der Waals surface area (Å²) in [5.41, 5.74) is 2.59. The summed E-state index contributed by atoms with van der Waals surface area (Å²) >= 11 is 3.37. The fourth-order valence-corrected chi connectivity index (χ4v) is 2.28. The number of benzene rings is 2. The van der Waals surface area contributed by atoms with Crippen molar-refractivity contribution >= 4 is 21.8 Å². The molecule has 0 aromatic heterocycles. The van der Waals surface area contributed by atoms with Gasteiger partial charge in [-0.2, -0.15) is 0 Å². The van der Waals surface area contributed by atoms with E-state index in [-0.39, 0.29) is 18.6 Å². The number of amides is 1. The summed E-state index contributed by atoms with van der Waals surface area (Å²) in [5, 5.41) is 13.0. The second-order valence-electron chi connectivity index (χ2n) is 4.45. The lowest BCUT2D eigenvalue weighted by Crippen LogP contribution is -2.30. The Labute approximate surface area is 126 Å². The van der Waals surface area contributed by atoms with Crippen molar-refractivity contribution in [2.75, 3.05) is 6.61 Å². The molecule has 2 aromatic carbocycles. The minimum Gasteiger partial charge on any atom is -0.394 e. The first kappa shape index (κ1) is 14.8. The van der Waals surface area contributed by atoms with Crippen molar-refractivity contribution in [1.82, 2.24) is 5.32 Å². The Morgan fingerprint density at radius 2 is 1.75 bits per heavy atom. The molecule has 1 amide bonds. The van der Waals surface area contributed by atoms with Gasteiger partial charge in [0, 0.05) is 10.9 Å². The quantitative estimate of drug-likeness (QED) is 0.826. The van der Waals surface area contributed by atoms with Gasteiger partial charge in [-0.1, -0.05) is 58.4 Å². The van der Waals surface area contributed by atoms with Gasteiger partial charge in [-0.25, -0.2) is 0 Å². The van der Waals surface area contributed by atoms with Gasteiger partial charge in [-0.05, 0) is 23.3 Å². The average molecular weight is 334 g/mol. The summed E-state index contributed by atoms with van der Waals surface area (Å²) in [5.74, 6) is -0.186. The number of hydrogen-bond donors (Lipinski definition) is 2. The molecule has 1 unspecified atom stereocenters. The highest BCUT2D eigenvalue weighted by Gasteiger charge is 2.14. The third-order valence-electron chi connectivity index (χ3n) is 3.06. The number of carbonyl (C=O) groups is 1. The van der Waals surface area contributed by atoms with Crippen LogP contribution in [0.4, 0.5) is 0 Å². The van der Waals surface area contributed by atoms with Crippen molar-refractivity contribution in [3.8, 4) is 0 Å². The van der Waals surface area contributed by atoms with Gasteiger partial charge in [0.05, 0.1) is 12.6 Å². The van der Waals surface area contributed by atoms with E-state index in [1.807, 2.05) is 42.5 Å². The van der Waals surface area contributed by atoms with Crippen LogP contribution in [0.2, 0.25) is 0 Å². The molecule has 0 saturated heterocycles. The monoisotopic (exact) mass is 333 g/mol. The van der Waals surface area contributed by atoms with Crippen LogP contribution in [0.5, 0.6) is 0 Å². The molecule has 0 aliphatic rings. The van der Waals surface area contributed by atoms with E-state index in [9.17, 15) is 9.90 Å². The summed E-state index contributed by atoms with van der Waals surface area (Å²) in [6.07, 6.45) is 0. The number of hydrogen-bond acceptors (Lipinski definition) is 2. The standard InChI is InChI=1S/C16H16BrNO2/c17-10-12-6-8-14(9-7-12)16(20)18-15(11-19)13-4-2-1-3-5-13/h1-9,15,19H,10-11H2,(H,18,20). The number of rotatable bonds is 5. The Kier molecular flexibility index (Phi) is 5.32. The summed E-state index contributed by atoms with van der Waals surface area (Å²) in [7, 11) is 0. The normalized spacial score (nSPS) is 11.9. The predicted molar refractivity (Wildman–Crippen MR) is 82.8 cm³/mol. The Morgan fingerprint density at radius 3 is 2.30 bits per heavy atom. The molecule has 0 aliphatic carbocycles. The molecule has 20 heavy (non-hydrogen) atoms. The van der Waals surface area contributed by atoms with Crippen LogP contribution in [0.1, 0.15) is 27.5 Å². The second kappa shape index (κ2) is 7.22. The van der Waals surface area contributed by atoms with Crippen LogP contribution in [0, 0.1) is 0 Å². The molecule has 3 nitrogen and oxygen atoms in total. The van der Waals surface area contributed by atoms with Gasteiger partial charge in [-0.15, -0.1) is 0 Å². The molecule has 2 aromatic rings. The van der Waals surface area contributed by atoms with Crippen molar-refractivity contribution in [2.45, 2.75) is 11.4 Å². The third kappa shape index (κ3) is 3.68. The smallest absolute Gasteiger partial charge is 0.251 e. The van der Waals surface area contributed by atoms with Gasteiger partial charge < -0.3 is 10.4 Å². The first-order valence-electron chi connectivity index (χ1n) is 6.36. The van der Waals surface area contributed by atoms with E-state index in [1.54, 1.807) is 12.1 Å². The molecule has 4 heteroatoms. The third-order valence-corrected chi connectivity index (χ3v) is 3.71. The topological polar surface area (TPSA) is 49.3 Å². The number of nitrogens with one attached hydrogen (secondary N) is 1. The van der Waals surface area contributed by atoms with Gasteiger partial charge in [0.2, 0.25) is 0 Å². The zero-order valence-corrected chi connectivity index (χ0v) is 12.5. The maximum Gasteiger partial charge on any atom is 0.251 e. The molecule has 0 aliphatic heterocycles. The number of aliphatic hydroxyl groups excluding tert-OH is 1. The molecule has 2 N–H and O–H groups in total. The number of aliphatic hydroxyl groups is 1. The summed E-state index contributed by atoms with van der Waals surface area (Å²) in [6, 6.07) is 16.4. The lowest BCUT2D eigenvalue weighted by molar-refractivity contribution is 0.0916. The Morgan fingerprint density at radius 1 is 1.10 bits per heavy atom. The molecule has 0 saturated carbocycles. The Hall–Kier alpha value is -1.65. The molecular formula is C16H16BrNO2. The highest BCUT2D eigenvalue weighted by Crippen LogP contribution is 2.13. The average Bonchev–Trinajstić information content (AvgIpc) is 2.53. The first-order valence-corrected chi connectivity index (χ1v) is 7.48. The number of carbonyl (C=O) groups excluding carboxylic acids is 1. The minimum atomic E-state index is -0.389. The van der Waals surface area contributed by atoms with Crippen LogP contribution in [-0.2, 0) is 5.33 Å². The van der Waals surface area contributed by atoms with Crippen molar-refractivity contribution in [3.05, 3.63) is 71.3 Å². The summed E-state index contributed by atoms with van der Waals surface area (Å²) in [6.45, 7) is -0.130. The first-order chi connectivity index (χ1) is 9.74. The van der Waals surface area contributed by atoms with Crippen molar-refractivity contribution in [3.63, 3.8) is 0 Å². The molecular weight excluding hydrogens is 318 g/mol. The molecule has 0 bridgehead atoms. The van der Waals surface area contributed by atoms with Gasteiger partial charge in [0.1, 0.15) is 0 Å². The van der Waals surface area contributed by atoms with Crippen LogP contribution in [0.25, 0.3) is 0 Å². The van der Waals surface area contributed by atoms with Gasteiger partial charge in [0.25, 0.3) is 5.91 Å². The molecule has 0 heterocycles. The van der Waals surface area contributed by atoms with E-state index in [0.29, 0.717) is 5.56 Å². The maximum atomic E-state index is 12.2. The van der Waals surface area contributed by atoms with Crippen LogP contribution in [-0.4, -0.2) is 17.6 Å². The van der Waals surface area contributed by atoms with Crippen molar-refractivity contribution in [2.24, 2.45) is 0 Å². The van der Waals surface area contributed by atoms with E-state index < -0.39 is 0 Å². The van der Waals surface area contributed by atoms with Crippen LogP contribution in [0.3, 0.4) is 0 Å². The highest BCUT2D eigenvalue weighted by atomic mass is 79.9. The Bertz CT molecular complexity index is 554. The SMILES string of the molecule is O=C(NC(CO)c1ccccc1)c1ccc(CBr)cc1. The zero-order chi connectivity index (χ0) is 14.4. The second-order valence-corrected chi connectivity index (χ2v) is 5.01. The van der Waals surface area contributed by atoms with Crippen LogP contribution < -0.4 is 5.32 Å². The maximum absolute atomic E-state index is 12.2. The number of halogens is 1. The van der Waals surface area contributed by atoms with E-state index in [4.69, 9.17) is 0 Å². The van der Waals surface area contributed by atoms with E-state index >= 15 is 0 Å². The summed E-state index contributed by atoms with van der Waals surface area (Å²) in [4.78, 5) is 12.2. The number of alkyl halides is 1. The minimum absolute atomic E-state index is 0.130. The van der Waals surface area contributed by atoms with E-state index in [2.05, 4.69) is 21.2 Å². The molecule has 104 valence electrons. The lowest BCUT2D eigenvalue weighted by atomic mass is 10.1. The predicted octanol–water partition coefficient (Wildman–Crippen LogP) is 3.04. The van der Waals surface area contributed by atoms with E-state index in [0.717, 1.165) is 16.5 Å². The van der Waals surface area contributed by atoms with Crippen LogP contribution >= 0.6 is 15.9 Å². The van der Waals surface area contributed by atoms with Gasteiger partial charge in [-0.3, -0.25) is 4.79 Å². The van der Waals surface area contributed by atoms with E-state index in [1.165, 1.54) is 0 Å². The molecule has 0 spiro atoms. The molecule has 0 radical (unpaired) electrons. The molecule has 0 fully saturated rings. The Balaban J connectivity index is 2.09. The van der Waals surface area contributed by atoms with Crippen LogP contribution in [0.15, 0.2) is 54.6 Å². The van der Waals surface area contributed by atoms with Gasteiger partial charge in [0.15, 0.2) is 0 Å². The lowest BCUT2D eigenvalue weighted by Gasteiger charge is -2.16. The van der Waals surface area contributed by atoms with Gasteiger partial charge >= 0.3 is 0 Å². The molecule has 2 rings (SSSR count). The molecule has 1 atom stereocenters. The zero-order valence-electron chi connectivity index (χ0n) is 10.9. The fourth-order valence-electron chi connectivity index (χ4n) is 1.91. The summed E-state index contributed by atoms with van der Waals surface area (Å²) < 4.78 is 0. The fraction of sp³-hybridized carbons (Fsp3) is 0.188. The highest BCUT2D eigenvalue weighted by molar-refractivity contribution is 9.08. The largest absolute Gasteiger partial charge is 0.394 e. The van der Waals surface area contributed by atoms with Crippen molar-refractivity contribution in [1.29, 1.82) is 0 Å². The van der Waals surface area contributed by atoms with Crippen molar-refractivity contribution < 1.29 is 9.90 Å².